The molecule has 16 heteroatoms. The van der Waals surface area contributed by atoms with Gasteiger partial charge in [-0.3, -0.25) is 19.1 Å². The lowest BCUT2D eigenvalue weighted by atomic mass is 9.85. The molecule has 62 heavy (non-hydrogen) atoms. The number of aromatic nitrogens is 1. The van der Waals surface area contributed by atoms with Gasteiger partial charge in [0.1, 0.15) is 48.5 Å². The second kappa shape index (κ2) is 17.4. The van der Waals surface area contributed by atoms with Gasteiger partial charge in [-0.1, -0.05) is 87.5 Å². The van der Waals surface area contributed by atoms with Crippen molar-refractivity contribution in [2.24, 2.45) is 11.3 Å². The van der Waals surface area contributed by atoms with Gasteiger partial charge in [-0.05, 0) is 48.8 Å². The fourth-order valence-corrected chi connectivity index (χ4v) is 9.76. The number of hydrogen-bond donors (Lipinski definition) is 3. The third-order valence-corrected chi connectivity index (χ3v) is 14.0. The Morgan fingerprint density at radius 3 is 2.32 bits per heavy atom. The second-order valence-electron chi connectivity index (χ2n) is 17.3. The van der Waals surface area contributed by atoms with Crippen molar-refractivity contribution >= 4 is 44.7 Å². The van der Waals surface area contributed by atoms with Gasteiger partial charge in [0.25, 0.3) is 5.91 Å². The number of methoxy groups -OCH3 is 1. The second-order valence-corrected chi connectivity index (χ2v) is 19.4. The zero-order chi connectivity index (χ0) is 44.5. The number of alkyl carbamates (subject to hydrolysis) is 1. The maximum absolute atomic E-state index is 14.7. The van der Waals surface area contributed by atoms with Crippen LogP contribution in [0.25, 0.3) is 22.2 Å². The lowest BCUT2D eigenvalue weighted by molar-refractivity contribution is -0.142. The minimum absolute atomic E-state index is 0.0453. The largest absolute Gasteiger partial charge is 0.497 e. The molecule has 1 aromatic heterocycles. The lowest BCUT2D eigenvalue weighted by Gasteiger charge is -2.35. The molecule has 4 aromatic rings. The number of pyridine rings is 1. The van der Waals surface area contributed by atoms with E-state index in [9.17, 15) is 32.0 Å². The number of amides is 4. The van der Waals surface area contributed by atoms with Gasteiger partial charge in [0, 0.05) is 35.4 Å². The van der Waals surface area contributed by atoms with E-state index >= 15 is 0 Å². The highest BCUT2D eigenvalue weighted by Crippen LogP contribution is 2.49. The van der Waals surface area contributed by atoms with Crippen LogP contribution in [0.4, 0.5) is 9.18 Å². The molecule has 3 N–H and O–H groups in total. The molecule has 2 saturated carbocycles. The Balaban J connectivity index is 1.19. The Morgan fingerprint density at radius 1 is 1.02 bits per heavy atom. The zero-order valence-corrected chi connectivity index (χ0v) is 36.0. The van der Waals surface area contributed by atoms with E-state index in [0.29, 0.717) is 40.9 Å². The number of nitrogens with one attached hydrogen (secondary N) is 3. The highest BCUT2D eigenvalue weighted by atomic mass is 32.2. The van der Waals surface area contributed by atoms with E-state index < -0.39 is 86.9 Å². The first-order chi connectivity index (χ1) is 29.5. The Bertz CT molecular complexity index is 2460. The van der Waals surface area contributed by atoms with Gasteiger partial charge in [0.15, 0.2) is 0 Å². The predicted octanol–water partition coefficient (Wildman–Crippen LogP) is 5.65. The van der Waals surface area contributed by atoms with Crippen LogP contribution in [0.3, 0.4) is 0 Å². The number of rotatable bonds is 16. The Hall–Kier alpha value is -6.03. The molecular formula is C46H52FN5O9S. The highest BCUT2D eigenvalue weighted by Gasteiger charge is 2.63. The number of hydrogen-bond acceptors (Lipinski definition) is 10. The van der Waals surface area contributed by atoms with E-state index in [4.69, 9.17) is 19.2 Å². The summed E-state index contributed by atoms with van der Waals surface area (Å²) in [4.78, 5) is 62.4. The number of carbonyl (C=O) groups is 4. The number of fused-ring (bicyclic) bond motifs is 1. The topological polar surface area (TPSA) is 182 Å². The molecule has 1 saturated heterocycles. The summed E-state index contributed by atoms with van der Waals surface area (Å²) in [5.41, 5.74) is 0.238. The van der Waals surface area contributed by atoms with E-state index in [1.165, 1.54) is 11.0 Å². The summed E-state index contributed by atoms with van der Waals surface area (Å²) < 4.78 is 58.8. The number of ether oxygens (including phenoxy) is 3. The molecule has 2 aliphatic carbocycles. The molecule has 328 valence electrons. The standard InChI is InChI=1S/C46H52FN5O9S/c1-6-31-27-46(31,42(55)51-62(57,58)45(19-20-45)26-29-13-9-7-10-14-29)50-40(53)37-24-33(28-52(37)41(54)39(44(2,3)4)49-43(56)60-22-21-47)61-38-25-35(30-15-11-8-12-16-30)48-36-23-32(59-5)17-18-34(36)38/h6-18,23,25,31,33,37,39H,1,19-22,24,26-28H2,2-5H3,(H,49,56)(H,50,53)(H,51,55)/t31-,33-,37+,39-,46-/m1/s1. The summed E-state index contributed by atoms with van der Waals surface area (Å²) in [6.45, 7) is 7.42. The van der Waals surface area contributed by atoms with Crippen molar-refractivity contribution in [3.8, 4) is 22.8 Å². The quantitative estimate of drug-likeness (QED) is 0.119. The van der Waals surface area contributed by atoms with Crippen LogP contribution in [0.2, 0.25) is 0 Å². The average molecular weight is 870 g/mol. The zero-order valence-electron chi connectivity index (χ0n) is 35.2. The van der Waals surface area contributed by atoms with Crippen LogP contribution in [0.1, 0.15) is 52.0 Å². The minimum Gasteiger partial charge on any atom is -0.497 e. The molecular weight excluding hydrogens is 818 g/mol. The monoisotopic (exact) mass is 869 g/mol. The first-order valence-electron chi connectivity index (χ1n) is 20.6. The number of likely N-dealkylation sites (tertiary alicyclic amines) is 1. The van der Waals surface area contributed by atoms with Crippen LogP contribution >= 0.6 is 0 Å². The molecule has 1 aliphatic heterocycles. The van der Waals surface area contributed by atoms with Crippen LogP contribution in [0.15, 0.2) is 97.6 Å². The van der Waals surface area contributed by atoms with Gasteiger partial charge in [-0.15, -0.1) is 6.58 Å². The Kier molecular flexibility index (Phi) is 12.3. The summed E-state index contributed by atoms with van der Waals surface area (Å²) >= 11 is 0. The van der Waals surface area contributed by atoms with Crippen LogP contribution in [-0.4, -0.2) is 97.5 Å². The molecule has 5 atom stereocenters. The number of benzene rings is 3. The minimum atomic E-state index is -4.19. The maximum Gasteiger partial charge on any atom is 0.407 e. The molecule has 2 heterocycles. The van der Waals surface area contributed by atoms with E-state index in [1.54, 1.807) is 52.1 Å². The summed E-state index contributed by atoms with van der Waals surface area (Å²) in [6.07, 6.45) is 0.673. The molecule has 4 amide bonds. The van der Waals surface area contributed by atoms with E-state index in [1.807, 2.05) is 60.7 Å². The van der Waals surface area contributed by atoms with Crippen LogP contribution < -0.4 is 24.8 Å². The summed E-state index contributed by atoms with van der Waals surface area (Å²) in [7, 11) is -2.64. The van der Waals surface area contributed by atoms with Crippen molar-refractivity contribution in [2.45, 2.75) is 81.3 Å². The molecule has 0 bridgehead atoms. The van der Waals surface area contributed by atoms with Crippen molar-refractivity contribution in [2.75, 3.05) is 26.9 Å². The average Bonchev–Trinajstić information content (AvgIpc) is 4.16. The molecule has 0 unspecified atom stereocenters. The van der Waals surface area contributed by atoms with Gasteiger partial charge in [-0.25, -0.2) is 22.6 Å². The van der Waals surface area contributed by atoms with Gasteiger partial charge in [0.2, 0.25) is 21.8 Å². The molecule has 14 nitrogen and oxygen atoms in total. The smallest absolute Gasteiger partial charge is 0.407 e. The Morgan fingerprint density at radius 2 is 1.71 bits per heavy atom. The molecule has 3 aliphatic rings. The van der Waals surface area contributed by atoms with E-state index in [-0.39, 0.29) is 25.8 Å². The van der Waals surface area contributed by atoms with Gasteiger partial charge >= 0.3 is 6.09 Å². The highest BCUT2D eigenvalue weighted by molar-refractivity contribution is 7.91. The van der Waals surface area contributed by atoms with Gasteiger partial charge in [0.05, 0.1) is 29.6 Å². The summed E-state index contributed by atoms with van der Waals surface area (Å²) in [5, 5.41) is 6.03. The third kappa shape index (κ3) is 9.10. The van der Waals surface area contributed by atoms with Crippen LogP contribution in [0.5, 0.6) is 11.5 Å². The van der Waals surface area contributed by atoms with E-state index in [2.05, 4.69) is 21.9 Å². The normalized spacial score (nSPS) is 21.9. The first kappa shape index (κ1) is 44.0. The number of carbonyl (C=O) groups excluding carboxylic acids is 4. The summed E-state index contributed by atoms with van der Waals surface area (Å²) in [6, 6.07) is 23.3. The number of halogens is 1. The van der Waals surface area contributed by atoms with Crippen molar-refractivity contribution in [1.29, 1.82) is 0 Å². The van der Waals surface area contributed by atoms with Crippen molar-refractivity contribution in [3.63, 3.8) is 0 Å². The van der Waals surface area contributed by atoms with E-state index in [0.717, 1.165) is 11.1 Å². The molecule has 3 aromatic carbocycles. The van der Waals surface area contributed by atoms with Crippen molar-refractivity contribution in [1.82, 2.24) is 25.2 Å². The third-order valence-electron chi connectivity index (χ3n) is 11.9. The van der Waals surface area contributed by atoms with Crippen LogP contribution in [0, 0.1) is 11.3 Å². The van der Waals surface area contributed by atoms with Crippen LogP contribution in [-0.2, 0) is 35.6 Å². The maximum atomic E-state index is 14.7. The number of sulfonamides is 1. The predicted molar refractivity (Wildman–Crippen MR) is 230 cm³/mol. The lowest BCUT2D eigenvalue weighted by Crippen LogP contribution is -2.60. The SMILES string of the molecule is C=C[C@@H]1C[C@]1(NC(=O)[C@@H]1C[C@@H](Oc2cc(-c3ccccc3)nc3cc(OC)ccc23)CN1C(=O)[C@@H](NC(=O)OCCF)C(C)(C)C)C(=O)NS(=O)(=O)C1(Cc2ccccc2)CC1. The van der Waals surface area contributed by atoms with Crippen molar-refractivity contribution < 1.29 is 46.2 Å². The van der Waals surface area contributed by atoms with Gasteiger partial charge in [-0.2, -0.15) is 0 Å². The summed E-state index contributed by atoms with van der Waals surface area (Å²) in [5.74, 6) is -1.87. The molecule has 3 fully saturated rings. The van der Waals surface area contributed by atoms with Gasteiger partial charge < -0.3 is 29.7 Å². The fraction of sp³-hybridized carbons (Fsp3) is 0.413. The molecule has 0 radical (unpaired) electrons. The first-order valence-corrected chi connectivity index (χ1v) is 22.1. The molecule has 0 spiro atoms. The fourth-order valence-electron chi connectivity index (χ4n) is 8.12. The molecule has 7 rings (SSSR count). The number of nitrogens with zero attached hydrogens (tertiary/aromatic N) is 2. The van der Waals surface area contributed by atoms with Crippen molar-refractivity contribution in [3.05, 3.63) is 103 Å². The Labute approximate surface area is 360 Å². The number of alkyl halides is 1.